The van der Waals surface area contributed by atoms with Gasteiger partial charge in [0.15, 0.2) is 11.2 Å². The van der Waals surface area contributed by atoms with E-state index >= 15 is 0 Å². The molecule has 0 atom stereocenters. The standard InChI is InChI=1S/C24H22Cl2N6O2/c25-18-7-4-8-19(26)17(18)14-32-23-21(29-30-32)24(34)28-22(27-23)16-9-11-31(12-10-16)20(33)13-15-5-2-1-3-6-15/h1-8,16H,9-14H2,(H,27,28,34). The highest BCUT2D eigenvalue weighted by Crippen LogP contribution is 2.28. The summed E-state index contributed by atoms with van der Waals surface area (Å²) in [6, 6.07) is 15.0. The van der Waals surface area contributed by atoms with E-state index in [4.69, 9.17) is 28.2 Å². The fourth-order valence-electron chi connectivity index (χ4n) is 4.30. The Hall–Kier alpha value is -3.23. The number of amides is 1. The zero-order valence-electron chi connectivity index (χ0n) is 18.2. The van der Waals surface area contributed by atoms with Crippen molar-refractivity contribution in [3.8, 4) is 0 Å². The van der Waals surface area contributed by atoms with E-state index in [1.165, 1.54) is 0 Å². The largest absolute Gasteiger partial charge is 0.342 e. The summed E-state index contributed by atoms with van der Waals surface area (Å²) in [5, 5.41) is 9.13. The monoisotopic (exact) mass is 496 g/mol. The minimum Gasteiger partial charge on any atom is -0.342 e. The van der Waals surface area contributed by atoms with E-state index in [0.717, 1.165) is 5.56 Å². The zero-order valence-corrected chi connectivity index (χ0v) is 19.8. The third-order valence-corrected chi connectivity index (χ3v) is 6.90. The number of rotatable bonds is 5. The van der Waals surface area contributed by atoms with Gasteiger partial charge in [-0.3, -0.25) is 9.59 Å². The molecule has 10 heteroatoms. The van der Waals surface area contributed by atoms with Crippen LogP contribution in [-0.4, -0.2) is 48.9 Å². The van der Waals surface area contributed by atoms with Gasteiger partial charge < -0.3 is 9.88 Å². The fourth-order valence-corrected chi connectivity index (χ4v) is 4.82. The van der Waals surface area contributed by atoms with Gasteiger partial charge in [0, 0.05) is 34.6 Å². The van der Waals surface area contributed by atoms with Gasteiger partial charge in [0.05, 0.1) is 13.0 Å². The molecule has 174 valence electrons. The molecule has 1 amide bonds. The number of benzene rings is 2. The molecule has 0 radical (unpaired) electrons. The molecule has 0 bridgehead atoms. The Morgan fingerprint density at radius 3 is 2.44 bits per heavy atom. The van der Waals surface area contributed by atoms with Crippen LogP contribution < -0.4 is 5.56 Å². The molecule has 1 saturated heterocycles. The number of fused-ring (bicyclic) bond motifs is 1. The second-order valence-corrected chi connectivity index (χ2v) is 9.20. The van der Waals surface area contributed by atoms with E-state index in [1.807, 2.05) is 35.2 Å². The second kappa shape index (κ2) is 9.56. The molecule has 1 fully saturated rings. The summed E-state index contributed by atoms with van der Waals surface area (Å²) in [6.45, 7) is 1.48. The van der Waals surface area contributed by atoms with Crippen molar-refractivity contribution in [2.45, 2.75) is 31.7 Å². The van der Waals surface area contributed by atoms with E-state index in [-0.39, 0.29) is 29.4 Å². The molecule has 0 aliphatic carbocycles. The number of nitrogens with zero attached hydrogens (tertiary/aromatic N) is 5. The third-order valence-electron chi connectivity index (χ3n) is 6.19. The Balaban J connectivity index is 1.33. The van der Waals surface area contributed by atoms with Gasteiger partial charge in [-0.2, -0.15) is 0 Å². The van der Waals surface area contributed by atoms with E-state index in [0.29, 0.717) is 59.4 Å². The summed E-state index contributed by atoms with van der Waals surface area (Å²) in [7, 11) is 0. The van der Waals surface area contributed by atoms with E-state index < -0.39 is 0 Å². The molecular weight excluding hydrogens is 475 g/mol. The van der Waals surface area contributed by atoms with Crippen LogP contribution >= 0.6 is 23.2 Å². The van der Waals surface area contributed by atoms with Crippen LogP contribution in [0.2, 0.25) is 10.0 Å². The topological polar surface area (TPSA) is 96.8 Å². The Morgan fingerprint density at radius 1 is 1.03 bits per heavy atom. The summed E-state index contributed by atoms with van der Waals surface area (Å²) < 4.78 is 1.54. The number of piperidine rings is 1. The zero-order chi connectivity index (χ0) is 23.7. The lowest BCUT2D eigenvalue weighted by Gasteiger charge is -2.31. The van der Waals surface area contributed by atoms with Crippen LogP contribution in [-0.2, 0) is 17.8 Å². The molecule has 4 aromatic rings. The number of aromatic amines is 1. The van der Waals surface area contributed by atoms with Crippen LogP contribution in [0, 0.1) is 0 Å². The van der Waals surface area contributed by atoms with Crippen molar-refractivity contribution < 1.29 is 4.79 Å². The number of H-pyrrole nitrogens is 1. The maximum Gasteiger partial charge on any atom is 0.281 e. The molecule has 0 saturated carbocycles. The molecule has 0 spiro atoms. The lowest BCUT2D eigenvalue weighted by atomic mass is 9.95. The van der Waals surface area contributed by atoms with E-state index in [1.54, 1.807) is 22.9 Å². The summed E-state index contributed by atoms with van der Waals surface area (Å²) in [4.78, 5) is 34.8. The number of aromatic nitrogens is 5. The highest BCUT2D eigenvalue weighted by Gasteiger charge is 2.26. The molecule has 2 aromatic heterocycles. The summed E-state index contributed by atoms with van der Waals surface area (Å²) >= 11 is 12.6. The number of likely N-dealkylation sites (tertiary alicyclic amines) is 1. The average molecular weight is 497 g/mol. The molecule has 0 unspecified atom stereocenters. The number of hydrogen-bond donors (Lipinski definition) is 1. The van der Waals surface area contributed by atoms with Crippen LogP contribution in [0.5, 0.6) is 0 Å². The van der Waals surface area contributed by atoms with Gasteiger partial charge in [0.25, 0.3) is 5.56 Å². The van der Waals surface area contributed by atoms with Gasteiger partial charge in [-0.25, -0.2) is 9.67 Å². The fraction of sp³-hybridized carbons (Fsp3) is 0.292. The molecule has 34 heavy (non-hydrogen) atoms. The van der Waals surface area contributed by atoms with Gasteiger partial charge in [-0.15, -0.1) is 5.10 Å². The van der Waals surface area contributed by atoms with Crippen LogP contribution in [0.3, 0.4) is 0 Å². The van der Waals surface area contributed by atoms with E-state index in [2.05, 4.69) is 15.3 Å². The quantitative estimate of drug-likeness (QED) is 0.452. The van der Waals surface area contributed by atoms with Crippen molar-refractivity contribution in [2.75, 3.05) is 13.1 Å². The minimum atomic E-state index is -0.334. The number of nitrogens with one attached hydrogen (secondary N) is 1. The smallest absolute Gasteiger partial charge is 0.281 e. The van der Waals surface area contributed by atoms with Crippen LogP contribution in [0.4, 0.5) is 0 Å². The first-order valence-electron chi connectivity index (χ1n) is 11.1. The van der Waals surface area contributed by atoms with Gasteiger partial charge in [0.1, 0.15) is 5.82 Å². The van der Waals surface area contributed by atoms with Crippen LogP contribution in [0.1, 0.15) is 35.7 Å². The first-order chi connectivity index (χ1) is 16.5. The summed E-state index contributed by atoms with van der Waals surface area (Å²) in [5.74, 6) is 0.729. The van der Waals surface area contributed by atoms with Crippen molar-refractivity contribution in [1.82, 2.24) is 29.9 Å². The van der Waals surface area contributed by atoms with Gasteiger partial charge in [0.2, 0.25) is 5.91 Å². The highest BCUT2D eigenvalue weighted by atomic mass is 35.5. The number of hydrogen-bond acceptors (Lipinski definition) is 5. The van der Waals surface area contributed by atoms with Crippen molar-refractivity contribution in [3.05, 3.63) is 85.9 Å². The lowest BCUT2D eigenvalue weighted by Crippen LogP contribution is -2.39. The number of halogens is 2. The van der Waals surface area contributed by atoms with E-state index in [9.17, 15) is 9.59 Å². The first-order valence-corrected chi connectivity index (χ1v) is 11.8. The summed E-state index contributed by atoms with van der Waals surface area (Å²) in [5.41, 5.74) is 1.91. The highest BCUT2D eigenvalue weighted by molar-refractivity contribution is 6.36. The first kappa shape index (κ1) is 22.6. The van der Waals surface area contributed by atoms with Gasteiger partial charge in [-0.1, -0.05) is 64.8 Å². The maximum atomic E-state index is 12.7. The maximum absolute atomic E-state index is 12.7. The minimum absolute atomic E-state index is 0.0325. The number of carbonyl (C=O) groups excluding carboxylic acids is 1. The van der Waals surface area contributed by atoms with Gasteiger partial charge in [-0.05, 0) is 30.5 Å². The van der Waals surface area contributed by atoms with Crippen molar-refractivity contribution in [1.29, 1.82) is 0 Å². The Labute approximate surface area is 205 Å². The van der Waals surface area contributed by atoms with Crippen LogP contribution in [0.15, 0.2) is 53.3 Å². The Morgan fingerprint density at radius 2 is 1.74 bits per heavy atom. The molecule has 5 rings (SSSR count). The van der Waals surface area contributed by atoms with Gasteiger partial charge >= 0.3 is 0 Å². The molecular formula is C24H22Cl2N6O2. The SMILES string of the molecule is O=C(Cc1ccccc1)N1CCC(c2nc3c(nnn3Cc3c(Cl)cccc3Cl)c(=O)[nH]2)CC1. The lowest BCUT2D eigenvalue weighted by molar-refractivity contribution is -0.131. The molecule has 1 N–H and O–H groups in total. The molecule has 1 aliphatic heterocycles. The second-order valence-electron chi connectivity index (χ2n) is 8.39. The molecule has 8 nitrogen and oxygen atoms in total. The van der Waals surface area contributed by atoms with Crippen molar-refractivity contribution >= 4 is 40.3 Å². The Bertz CT molecular complexity index is 1370. The predicted octanol–water partition coefficient (Wildman–Crippen LogP) is 3.82. The van der Waals surface area contributed by atoms with Crippen molar-refractivity contribution in [2.24, 2.45) is 0 Å². The molecule has 2 aromatic carbocycles. The van der Waals surface area contributed by atoms with Crippen molar-refractivity contribution in [3.63, 3.8) is 0 Å². The summed E-state index contributed by atoms with van der Waals surface area (Å²) in [6.07, 6.45) is 1.82. The predicted molar refractivity (Wildman–Crippen MR) is 130 cm³/mol. The molecule has 3 heterocycles. The Kier molecular flexibility index (Phi) is 6.34. The molecule has 1 aliphatic rings. The number of carbonyl (C=O) groups is 1. The van der Waals surface area contributed by atoms with Crippen LogP contribution in [0.25, 0.3) is 11.2 Å². The average Bonchev–Trinajstić information content (AvgIpc) is 3.25. The normalized spacial score (nSPS) is 14.6. The third kappa shape index (κ3) is 4.56.